The maximum absolute atomic E-state index is 13.3. The van der Waals surface area contributed by atoms with Gasteiger partial charge in [0.15, 0.2) is 11.3 Å². The van der Waals surface area contributed by atoms with E-state index in [0.717, 1.165) is 12.1 Å². The van der Waals surface area contributed by atoms with Gasteiger partial charge in [-0.15, -0.1) is 0 Å². The number of fused-ring (bicyclic) bond motifs is 1. The molecule has 2 aromatic heterocycles. The Morgan fingerprint density at radius 1 is 1.36 bits per heavy atom. The number of hydrogen-bond donors (Lipinski definition) is 1. The molecule has 0 fully saturated rings. The third-order valence-electron chi connectivity index (χ3n) is 3.57. The summed E-state index contributed by atoms with van der Waals surface area (Å²) in [6.07, 6.45) is -4.74. The first-order chi connectivity index (χ1) is 13.0. The lowest BCUT2D eigenvalue weighted by Crippen LogP contribution is -2.16. The Morgan fingerprint density at radius 2 is 2.04 bits per heavy atom. The van der Waals surface area contributed by atoms with Crippen molar-refractivity contribution in [1.82, 2.24) is 14.6 Å². The van der Waals surface area contributed by atoms with Crippen molar-refractivity contribution in [2.45, 2.75) is 13.1 Å². The van der Waals surface area contributed by atoms with Gasteiger partial charge in [-0.05, 0) is 41.1 Å². The molecule has 8 nitrogen and oxygen atoms in total. The van der Waals surface area contributed by atoms with Gasteiger partial charge in [0.05, 0.1) is 9.40 Å². The minimum Gasteiger partial charge on any atom is -0.315 e. The minimum absolute atomic E-state index is 0.0701. The van der Waals surface area contributed by atoms with Gasteiger partial charge in [0.2, 0.25) is 0 Å². The van der Waals surface area contributed by atoms with Crippen LogP contribution in [0.15, 0.2) is 28.7 Å². The number of carbonyl (C=O) groups excluding carboxylic acids is 1. The molecule has 1 N–H and O–H groups in total. The van der Waals surface area contributed by atoms with Crippen LogP contribution in [0.1, 0.15) is 21.9 Å². The summed E-state index contributed by atoms with van der Waals surface area (Å²) in [5.41, 5.74) is -2.36. The molecule has 1 amide bonds. The van der Waals surface area contributed by atoms with E-state index >= 15 is 0 Å². The third kappa shape index (κ3) is 3.64. The Kier molecular flexibility index (Phi) is 5.02. The normalized spacial score (nSPS) is 11.6. The van der Waals surface area contributed by atoms with Crippen LogP contribution in [0.2, 0.25) is 5.02 Å². The van der Waals surface area contributed by atoms with E-state index in [2.05, 4.69) is 31.3 Å². The highest BCUT2D eigenvalue weighted by atomic mass is 79.9. The molecule has 0 aliphatic carbocycles. The molecule has 0 atom stereocenters. The lowest BCUT2D eigenvalue weighted by atomic mass is 10.2. The number of halogens is 5. The highest BCUT2D eigenvalue weighted by Gasteiger charge is 2.36. The molecule has 13 heteroatoms. The Bertz CT molecular complexity index is 1130. The van der Waals surface area contributed by atoms with Gasteiger partial charge in [-0.25, -0.2) is 9.50 Å². The second-order valence-electron chi connectivity index (χ2n) is 5.55. The van der Waals surface area contributed by atoms with Crippen LogP contribution in [0.3, 0.4) is 0 Å². The Labute approximate surface area is 167 Å². The van der Waals surface area contributed by atoms with Crippen molar-refractivity contribution >= 4 is 50.5 Å². The lowest BCUT2D eigenvalue weighted by molar-refractivity contribution is -0.383. The summed E-state index contributed by atoms with van der Waals surface area (Å²) in [5.74, 6) is -0.964. The molecule has 0 radical (unpaired) electrons. The van der Waals surface area contributed by atoms with Crippen molar-refractivity contribution in [2.24, 2.45) is 0 Å². The van der Waals surface area contributed by atoms with Crippen molar-refractivity contribution in [1.29, 1.82) is 0 Å². The summed E-state index contributed by atoms with van der Waals surface area (Å²) < 4.78 is 40.2. The van der Waals surface area contributed by atoms with Crippen LogP contribution < -0.4 is 5.32 Å². The molecule has 0 unspecified atom stereocenters. The average Bonchev–Trinajstić information content (AvgIpc) is 2.91. The van der Waals surface area contributed by atoms with Crippen molar-refractivity contribution < 1.29 is 22.9 Å². The quantitative estimate of drug-likeness (QED) is 0.437. The Balaban J connectivity index is 2.09. The van der Waals surface area contributed by atoms with Gasteiger partial charge in [-0.1, -0.05) is 11.6 Å². The molecule has 146 valence electrons. The molecule has 3 rings (SSSR count). The van der Waals surface area contributed by atoms with E-state index in [4.69, 9.17) is 11.6 Å². The number of aromatic nitrogens is 3. The number of hydrogen-bond acceptors (Lipinski definition) is 5. The van der Waals surface area contributed by atoms with Crippen LogP contribution in [0.25, 0.3) is 5.65 Å². The topological polar surface area (TPSA) is 102 Å². The minimum atomic E-state index is -4.74. The smallest absolute Gasteiger partial charge is 0.315 e. The van der Waals surface area contributed by atoms with Gasteiger partial charge >= 0.3 is 6.18 Å². The standard InChI is InChI=1S/C15H8BrClF3N5O3/c1-6-4-10(15(18,19)20)24-13(21-6)11(16)12(23-24)14(26)22-8-3-2-7(17)5-9(8)25(27)28/h2-5H,1H3,(H,22,26). The van der Waals surface area contributed by atoms with Crippen LogP contribution in [-0.4, -0.2) is 25.4 Å². The largest absolute Gasteiger partial charge is 0.433 e. The van der Waals surface area contributed by atoms with E-state index < -0.39 is 34.1 Å². The maximum Gasteiger partial charge on any atom is 0.433 e. The first kappa shape index (κ1) is 20.0. The molecule has 2 heterocycles. The van der Waals surface area contributed by atoms with Gasteiger partial charge in [0, 0.05) is 16.8 Å². The summed E-state index contributed by atoms with van der Waals surface area (Å²) in [6, 6.07) is 4.34. The number of nitro benzene ring substituents is 1. The zero-order chi connectivity index (χ0) is 20.8. The summed E-state index contributed by atoms with van der Waals surface area (Å²) >= 11 is 8.74. The molecule has 0 bridgehead atoms. The van der Waals surface area contributed by atoms with Crippen molar-refractivity contribution in [2.75, 3.05) is 5.32 Å². The molecular weight excluding hydrogens is 471 g/mol. The number of nitro groups is 1. The van der Waals surface area contributed by atoms with Gasteiger partial charge in [-0.3, -0.25) is 14.9 Å². The highest BCUT2D eigenvalue weighted by molar-refractivity contribution is 9.10. The number of carbonyl (C=O) groups is 1. The van der Waals surface area contributed by atoms with E-state index in [1.165, 1.54) is 19.1 Å². The van der Waals surface area contributed by atoms with Gasteiger partial charge in [0.25, 0.3) is 11.6 Å². The first-order valence-electron chi connectivity index (χ1n) is 7.37. The predicted molar refractivity (Wildman–Crippen MR) is 96.5 cm³/mol. The van der Waals surface area contributed by atoms with Gasteiger partial charge in [-0.2, -0.15) is 18.3 Å². The number of amides is 1. The number of nitrogens with zero attached hydrogens (tertiary/aromatic N) is 4. The van der Waals surface area contributed by atoms with E-state index in [-0.39, 0.29) is 26.5 Å². The summed E-state index contributed by atoms with van der Waals surface area (Å²) in [4.78, 5) is 26.9. The molecule has 28 heavy (non-hydrogen) atoms. The zero-order valence-electron chi connectivity index (χ0n) is 13.7. The summed E-state index contributed by atoms with van der Waals surface area (Å²) in [5, 5.41) is 17.1. The number of rotatable bonds is 3. The lowest BCUT2D eigenvalue weighted by Gasteiger charge is -2.09. The second kappa shape index (κ2) is 7.02. The maximum atomic E-state index is 13.3. The zero-order valence-corrected chi connectivity index (χ0v) is 16.1. The highest BCUT2D eigenvalue weighted by Crippen LogP contribution is 2.33. The average molecular weight is 479 g/mol. The predicted octanol–water partition coefficient (Wildman–Crippen LogP) is 4.63. The van der Waals surface area contributed by atoms with Crippen molar-refractivity contribution in [3.63, 3.8) is 0 Å². The number of anilines is 1. The number of aryl methyl sites for hydroxylation is 1. The molecule has 0 spiro atoms. The number of alkyl halides is 3. The number of nitrogens with one attached hydrogen (secondary N) is 1. The van der Waals surface area contributed by atoms with Crippen LogP contribution in [0, 0.1) is 17.0 Å². The Morgan fingerprint density at radius 3 is 2.64 bits per heavy atom. The SMILES string of the molecule is Cc1cc(C(F)(F)F)n2nc(C(=O)Nc3ccc(Cl)cc3[N+](=O)[O-])c(Br)c2n1. The molecule has 0 aliphatic heterocycles. The third-order valence-corrected chi connectivity index (χ3v) is 4.54. The van der Waals surface area contributed by atoms with Crippen LogP contribution in [-0.2, 0) is 6.18 Å². The summed E-state index contributed by atoms with van der Waals surface area (Å²) in [7, 11) is 0. The van der Waals surface area contributed by atoms with E-state index in [0.29, 0.717) is 4.52 Å². The molecule has 0 saturated heterocycles. The van der Waals surface area contributed by atoms with Crippen molar-refractivity contribution in [3.05, 3.63) is 61.0 Å². The first-order valence-corrected chi connectivity index (χ1v) is 8.54. The monoisotopic (exact) mass is 477 g/mol. The molecule has 1 aromatic carbocycles. The van der Waals surface area contributed by atoms with Gasteiger partial charge < -0.3 is 5.32 Å². The van der Waals surface area contributed by atoms with Crippen LogP contribution >= 0.6 is 27.5 Å². The van der Waals surface area contributed by atoms with Crippen LogP contribution in [0.4, 0.5) is 24.5 Å². The van der Waals surface area contributed by atoms with E-state index in [1.807, 2.05) is 0 Å². The fraction of sp³-hybridized carbons (Fsp3) is 0.133. The summed E-state index contributed by atoms with van der Waals surface area (Å²) in [6.45, 7) is 1.37. The van der Waals surface area contributed by atoms with Gasteiger partial charge in [0.1, 0.15) is 11.4 Å². The second-order valence-corrected chi connectivity index (χ2v) is 6.78. The van der Waals surface area contributed by atoms with Crippen molar-refractivity contribution in [3.8, 4) is 0 Å². The van der Waals surface area contributed by atoms with E-state index in [9.17, 15) is 28.1 Å². The van der Waals surface area contributed by atoms with Crippen LogP contribution in [0.5, 0.6) is 0 Å². The Hall–Kier alpha value is -2.73. The molecular formula is C15H8BrClF3N5O3. The fourth-order valence-electron chi connectivity index (χ4n) is 2.40. The molecule has 0 saturated carbocycles. The molecule has 3 aromatic rings. The fourth-order valence-corrected chi connectivity index (χ4v) is 3.09. The number of benzene rings is 1. The van der Waals surface area contributed by atoms with E-state index in [1.54, 1.807) is 0 Å². The molecule has 0 aliphatic rings.